The molecule has 0 radical (unpaired) electrons. The van der Waals surface area contributed by atoms with Gasteiger partial charge in [-0.05, 0) is 30.7 Å². The molecule has 0 bridgehead atoms. The molecule has 3 fully saturated rings. The maximum atomic E-state index is 4.68. The molecule has 0 aromatic carbocycles. The number of aromatic amines is 1. The number of nitrogens with zero attached hydrogens (tertiary/aromatic N) is 4. The van der Waals surface area contributed by atoms with E-state index in [1.165, 1.54) is 18.5 Å². The molecule has 0 amide bonds. The fraction of sp³-hybridized carbons (Fsp3) is 0.562. The van der Waals surface area contributed by atoms with Gasteiger partial charge in [-0.1, -0.05) is 0 Å². The van der Waals surface area contributed by atoms with Gasteiger partial charge >= 0.3 is 0 Å². The molecule has 3 N–H and O–H groups in total. The zero-order valence-electron chi connectivity index (χ0n) is 13.0. The van der Waals surface area contributed by atoms with E-state index in [1.54, 1.807) is 0 Å². The molecule has 5 rings (SSSR count). The van der Waals surface area contributed by atoms with Crippen molar-refractivity contribution in [1.29, 1.82) is 0 Å². The molecule has 3 aliphatic rings. The molecule has 0 spiro atoms. The predicted octanol–water partition coefficient (Wildman–Crippen LogP) is 1.48. The number of hydrogen-bond donors (Lipinski definition) is 3. The summed E-state index contributed by atoms with van der Waals surface area (Å²) in [5.74, 6) is 4.61. The van der Waals surface area contributed by atoms with Gasteiger partial charge in [-0.25, -0.2) is 4.98 Å². The molecule has 2 aromatic heterocycles. The number of aromatic nitrogens is 4. The van der Waals surface area contributed by atoms with E-state index in [2.05, 4.69) is 41.8 Å². The normalized spacial score (nSPS) is 26.5. The summed E-state index contributed by atoms with van der Waals surface area (Å²) in [6, 6.07) is 3.98. The largest absolute Gasteiger partial charge is 0.340 e. The second-order valence-electron chi connectivity index (χ2n) is 6.93. The Bertz CT molecular complexity index is 696. The van der Waals surface area contributed by atoms with Crippen LogP contribution in [-0.2, 0) is 0 Å². The lowest BCUT2D eigenvalue weighted by molar-refractivity contribution is 0.533. The highest BCUT2D eigenvalue weighted by Gasteiger charge is 2.37. The van der Waals surface area contributed by atoms with Crippen LogP contribution >= 0.6 is 0 Å². The van der Waals surface area contributed by atoms with Gasteiger partial charge in [0.25, 0.3) is 0 Å². The van der Waals surface area contributed by atoms with Crippen LogP contribution in [0.15, 0.2) is 18.3 Å². The minimum absolute atomic E-state index is 0.677. The highest BCUT2D eigenvalue weighted by atomic mass is 15.3. The van der Waals surface area contributed by atoms with Gasteiger partial charge in [-0.3, -0.25) is 5.10 Å². The minimum Gasteiger partial charge on any atom is -0.340 e. The van der Waals surface area contributed by atoms with Crippen LogP contribution in [-0.4, -0.2) is 46.3 Å². The van der Waals surface area contributed by atoms with Gasteiger partial charge in [0.15, 0.2) is 5.82 Å². The molecule has 4 heterocycles. The highest BCUT2D eigenvalue weighted by Crippen LogP contribution is 2.39. The molecule has 120 valence electrons. The van der Waals surface area contributed by atoms with Crippen LogP contribution < -0.4 is 15.5 Å². The molecule has 23 heavy (non-hydrogen) atoms. The van der Waals surface area contributed by atoms with Gasteiger partial charge < -0.3 is 15.5 Å². The van der Waals surface area contributed by atoms with Crippen molar-refractivity contribution in [3.05, 3.63) is 24.0 Å². The Kier molecular flexibility index (Phi) is 3.00. The standard InChI is InChI=1S/C16H21N7/c1-2-10(1)13-5-15(22-21-13)19-14-3-4-18-16(20-14)23-8-11-6-17-7-12(11)9-23/h3-5,10-12,17H,1-2,6-9H2,(H2,18,19,20,21,22)/t11-,12?/m0/s1. The van der Waals surface area contributed by atoms with Gasteiger partial charge in [0.2, 0.25) is 5.95 Å². The second kappa shape index (κ2) is 5.19. The highest BCUT2D eigenvalue weighted by molar-refractivity contribution is 5.54. The van der Waals surface area contributed by atoms with Crippen LogP contribution in [0.4, 0.5) is 17.6 Å². The van der Waals surface area contributed by atoms with Crippen LogP contribution in [0.3, 0.4) is 0 Å². The minimum atomic E-state index is 0.677. The van der Waals surface area contributed by atoms with Crippen molar-refractivity contribution in [2.75, 3.05) is 36.4 Å². The number of hydrogen-bond acceptors (Lipinski definition) is 6. The number of H-pyrrole nitrogens is 1. The number of anilines is 3. The average molecular weight is 311 g/mol. The van der Waals surface area contributed by atoms with E-state index in [4.69, 9.17) is 0 Å². The first kappa shape index (κ1) is 13.3. The summed E-state index contributed by atoms with van der Waals surface area (Å²) in [6.07, 6.45) is 4.36. The Balaban J connectivity index is 1.31. The van der Waals surface area contributed by atoms with Gasteiger partial charge in [0, 0.05) is 50.1 Å². The van der Waals surface area contributed by atoms with E-state index in [0.717, 1.165) is 55.6 Å². The van der Waals surface area contributed by atoms with Crippen molar-refractivity contribution in [1.82, 2.24) is 25.5 Å². The lowest BCUT2D eigenvalue weighted by Gasteiger charge is -2.17. The van der Waals surface area contributed by atoms with Gasteiger partial charge in [0.05, 0.1) is 0 Å². The van der Waals surface area contributed by atoms with E-state index in [9.17, 15) is 0 Å². The SMILES string of the molecule is c1cc(Nc2cc(C3CC3)[nH]n2)nc(N2CC3CNC[C@H]3C2)n1. The summed E-state index contributed by atoms with van der Waals surface area (Å²) in [5.41, 5.74) is 1.22. The van der Waals surface area contributed by atoms with Crippen molar-refractivity contribution >= 4 is 17.6 Å². The van der Waals surface area contributed by atoms with E-state index < -0.39 is 0 Å². The fourth-order valence-corrected chi connectivity index (χ4v) is 3.72. The molecular weight excluding hydrogens is 290 g/mol. The van der Waals surface area contributed by atoms with Gasteiger partial charge in [-0.15, -0.1) is 0 Å². The van der Waals surface area contributed by atoms with Crippen LogP contribution in [0.25, 0.3) is 0 Å². The molecule has 1 saturated carbocycles. The van der Waals surface area contributed by atoms with E-state index in [1.807, 2.05) is 12.3 Å². The van der Waals surface area contributed by atoms with Crippen molar-refractivity contribution in [3.63, 3.8) is 0 Å². The number of rotatable bonds is 4. The van der Waals surface area contributed by atoms with Gasteiger partial charge in [0.1, 0.15) is 5.82 Å². The van der Waals surface area contributed by atoms with Crippen LogP contribution in [0.5, 0.6) is 0 Å². The lowest BCUT2D eigenvalue weighted by atomic mass is 10.0. The van der Waals surface area contributed by atoms with E-state index in [-0.39, 0.29) is 0 Å². The van der Waals surface area contributed by atoms with E-state index >= 15 is 0 Å². The zero-order chi connectivity index (χ0) is 15.2. The molecule has 7 nitrogen and oxygen atoms in total. The summed E-state index contributed by atoms with van der Waals surface area (Å²) in [4.78, 5) is 11.4. The Hall–Kier alpha value is -2.15. The number of nitrogens with one attached hydrogen (secondary N) is 3. The first-order valence-electron chi connectivity index (χ1n) is 8.46. The maximum absolute atomic E-state index is 4.68. The average Bonchev–Trinajstić information content (AvgIpc) is 2.95. The Morgan fingerprint density at radius 1 is 1.13 bits per heavy atom. The third-order valence-electron chi connectivity index (χ3n) is 5.19. The van der Waals surface area contributed by atoms with Crippen molar-refractivity contribution in [3.8, 4) is 0 Å². The smallest absolute Gasteiger partial charge is 0.227 e. The third kappa shape index (κ3) is 2.55. The third-order valence-corrected chi connectivity index (χ3v) is 5.19. The Morgan fingerprint density at radius 3 is 2.74 bits per heavy atom. The van der Waals surface area contributed by atoms with Crippen molar-refractivity contribution < 1.29 is 0 Å². The molecule has 2 aliphatic heterocycles. The summed E-state index contributed by atoms with van der Waals surface area (Å²) < 4.78 is 0. The van der Waals surface area contributed by atoms with Crippen LogP contribution in [0.1, 0.15) is 24.5 Å². The van der Waals surface area contributed by atoms with Crippen molar-refractivity contribution in [2.24, 2.45) is 11.8 Å². The predicted molar refractivity (Wildman–Crippen MR) is 87.9 cm³/mol. The monoisotopic (exact) mass is 311 g/mol. The number of fused-ring (bicyclic) bond motifs is 1. The molecule has 2 atom stereocenters. The summed E-state index contributed by atoms with van der Waals surface area (Å²) in [6.45, 7) is 4.34. The zero-order valence-corrected chi connectivity index (χ0v) is 13.0. The van der Waals surface area contributed by atoms with Gasteiger partial charge in [-0.2, -0.15) is 10.1 Å². The van der Waals surface area contributed by atoms with Crippen molar-refractivity contribution in [2.45, 2.75) is 18.8 Å². The molecule has 1 unspecified atom stereocenters. The topological polar surface area (TPSA) is 81.8 Å². The summed E-state index contributed by atoms with van der Waals surface area (Å²) >= 11 is 0. The van der Waals surface area contributed by atoms with Crippen LogP contribution in [0, 0.1) is 11.8 Å². The molecule has 2 saturated heterocycles. The fourth-order valence-electron chi connectivity index (χ4n) is 3.72. The first-order valence-corrected chi connectivity index (χ1v) is 8.46. The summed E-state index contributed by atoms with van der Waals surface area (Å²) in [5, 5.41) is 14.2. The maximum Gasteiger partial charge on any atom is 0.227 e. The summed E-state index contributed by atoms with van der Waals surface area (Å²) in [7, 11) is 0. The molecule has 7 heteroatoms. The molecule has 1 aliphatic carbocycles. The van der Waals surface area contributed by atoms with E-state index in [0.29, 0.717) is 5.92 Å². The molecule has 2 aromatic rings. The Labute approximate surface area is 134 Å². The van der Waals surface area contributed by atoms with Crippen LogP contribution in [0.2, 0.25) is 0 Å². The first-order chi connectivity index (χ1) is 11.3. The molecular formula is C16H21N7. The lowest BCUT2D eigenvalue weighted by Crippen LogP contribution is -2.27. The Morgan fingerprint density at radius 2 is 1.96 bits per heavy atom. The quantitative estimate of drug-likeness (QED) is 0.793. The second-order valence-corrected chi connectivity index (χ2v) is 6.93.